The molecule has 2 aromatic rings. The average Bonchev–Trinajstić information content (AvgIpc) is 2.49. The summed E-state index contributed by atoms with van der Waals surface area (Å²) in [5.41, 5.74) is 11.0. The molecule has 1 aliphatic rings. The molecule has 0 saturated heterocycles. The Morgan fingerprint density at radius 1 is 1.05 bits per heavy atom. The fraction of sp³-hybridized carbons (Fsp3) is 0.333. The van der Waals surface area contributed by atoms with Crippen LogP contribution in [0.15, 0.2) is 48.5 Å². The molecule has 2 N–H and O–H groups in total. The van der Waals surface area contributed by atoms with Gasteiger partial charge in [-0.05, 0) is 48.6 Å². The Kier molecular flexibility index (Phi) is 3.75. The van der Waals surface area contributed by atoms with Gasteiger partial charge in [-0.2, -0.15) is 0 Å². The average molecular weight is 266 g/mol. The van der Waals surface area contributed by atoms with E-state index in [4.69, 9.17) is 5.73 Å². The van der Waals surface area contributed by atoms with E-state index in [-0.39, 0.29) is 0 Å². The van der Waals surface area contributed by atoms with E-state index in [2.05, 4.69) is 48.2 Å². The predicted octanol–water partition coefficient (Wildman–Crippen LogP) is 3.26. The first-order valence-electron chi connectivity index (χ1n) is 7.37. The molecule has 0 saturated carbocycles. The Bertz CT molecular complexity index is 574. The maximum Gasteiger partial charge on any atom is 0.0314 e. The summed E-state index contributed by atoms with van der Waals surface area (Å²) in [5, 5.41) is 0. The second-order valence-corrected chi connectivity index (χ2v) is 5.78. The predicted molar refractivity (Wildman–Crippen MR) is 84.6 cm³/mol. The fourth-order valence-electron chi connectivity index (χ4n) is 3.02. The number of benzene rings is 2. The van der Waals surface area contributed by atoms with Gasteiger partial charge in [-0.15, -0.1) is 0 Å². The molecule has 3 rings (SSSR count). The van der Waals surface area contributed by atoms with Crippen molar-refractivity contribution in [3.8, 4) is 0 Å². The molecular weight excluding hydrogens is 244 g/mol. The van der Waals surface area contributed by atoms with E-state index < -0.39 is 0 Å². The van der Waals surface area contributed by atoms with Crippen LogP contribution in [0.4, 0.5) is 5.69 Å². The molecule has 0 bridgehead atoms. The number of nitrogen functional groups attached to an aromatic ring is 1. The largest absolute Gasteiger partial charge is 0.399 e. The van der Waals surface area contributed by atoms with Gasteiger partial charge in [0.2, 0.25) is 0 Å². The smallest absolute Gasteiger partial charge is 0.0314 e. The molecule has 2 nitrogen and oxygen atoms in total. The Morgan fingerprint density at radius 2 is 1.75 bits per heavy atom. The summed E-state index contributed by atoms with van der Waals surface area (Å²) in [6.45, 7) is 4.56. The van der Waals surface area contributed by atoms with Crippen LogP contribution in [0.3, 0.4) is 0 Å². The van der Waals surface area contributed by atoms with Gasteiger partial charge in [0.25, 0.3) is 0 Å². The van der Waals surface area contributed by atoms with Crippen LogP contribution in [0.1, 0.15) is 23.6 Å². The molecule has 104 valence electrons. The van der Waals surface area contributed by atoms with Gasteiger partial charge >= 0.3 is 0 Å². The van der Waals surface area contributed by atoms with Crippen LogP contribution >= 0.6 is 0 Å². The number of anilines is 1. The summed E-state index contributed by atoms with van der Waals surface area (Å²) < 4.78 is 0. The van der Waals surface area contributed by atoms with Crippen molar-refractivity contribution >= 4 is 5.69 Å². The van der Waals surface area contributed by atoms with E-state index in [1.807, 2.05) is 12.1 Å². The standard InChI is InChI=1S/C18H22N2/c1-14(12-15-6-8-18(19)9-7-15)20-11-10-16-4-2-3-5-17(16)13-20/h2-9,14H,10-13,19H2,1H3. The molecule has 0 spiro atoms. The number of hydrogen-bond donors (Lipinski definition) is 1. The van der Waals surface area contributed by atoms with Gasteiger partial charge in [0.05, 0.1) is 0 Å². The lowest BCUT2D eigenvalue weighted by molar-refractivity contribution is 0.189. The molecule has 2 aromatic carbocycles. The lowest BCUT2D eigenvalue weighted by Gasteiger charge is -2.33. The van der Waals surface area contributed by atoms with Crippen LogP contribution in [0, 0.1) is 0 Å². The van der Waals surface area contributed by atoms with Gasteiger partial charge in [0.1, 0.15) is 0 Å². The summed E-state index contributed by atoms with van der Waals surface area (Å²) >= 11 is 0. The van der Waals surface area contributed by atoms with Crippen LogP contribution in [0.25, 0.3) is 0 Å². The van der Waals surface area contributed by atoms with Gasteiger partial charge in [0, 0.05) is 24.8 Å². The zero-order valence-electron chi connectivity index (χ0n) is 12.0. The highest BCUT2D eigenvalue weighted by molar-refractivity contribution is 5.39. The van der Waals surface area contributed by atoms with Crippen molar-refractivity contribution < 1.29 is 0 Å². The molecule has 0 amide bonds. The first-order valence-corrected chi connectivity index (χ1v) is 7.37. The highest BCUT2D eigenvalue weighted by Gasteiger charge is 2.20. The molecule has 1 heterocycles. The third kappa shape index (κ3) is 2.86. The minimum absolute atomic E-state index is 0.562. The van der Waals surface area contributed by atoms with Crippen molar-refractivity contribution in [3.05, 3.63) is 65.2 Å². The van der Waals surface area contributed by atoms with Crippen LogP contribution in [0.2, 0.25) is 0 Å². The van der Waals surface area contributed by atoms with E-state index in [1.165, 1.54) is 23.1 Å². The number of nitrogens with two attached hydrogens (primary N) is 1. The third-order valence-electron chi connectivity index (χ3n) is 4.29. The van der Waals surface area contributed by atoms with Gasteiger partial charge < -0.3 is 5.73 Å². The molecule has 20 heavy (non-hydrogen) atoms. The van der Waals surface area contributed by atoms with E-state index in [9.17, 15) is 0 Å². The van der Waals surface area contributed by atoms with Crippen molar-refractivity contribution in [1.82, 2.24) is 4.90 Å². The van der Waals surface area contributed by atoms with Crippen LogP contribution < -0.4 is 5.73 Å². The first kappa shape index (κ1) is 13.2. The summed E-state index contributed by atoms with van der Waals surface area (Å²) in [7, 11) is 0. The van der Waals surface area contributed by atoms with Gasteiger partial charge in [-0.3, -0.25) is 4.90 Å². The molecule has 0 aliphatic carbocycles. The Labute approximate surface area is 121 Å². The summed E-state index contributed by atoms with van der Waals surface area (Å²) in [6, 6.07) is 17.6. The zero-order valence-corrected chi connectivity index (χ0v) is 12.0. The summed E-state index contributed by atoms with van der Waals surface area (Å²) in [4.78, 5) is 2.58. The van der Waals surface area contributed by atoms with Crippen molar-refractivity contribution in [3.63, 3.8) is 0 Å². The van der Waals surface area contributed by atoms with Crippen LogP contribution in [0.5, 0.6) is 0 Å². The molecule has 0 fully saturated rings. The quantitative estimate of drug-likeness (QED) is 0.864. The maximum absolute atomic E-state index is 5.74. The first-order chi connectivity index (χ1) is 9.72. The topological polar surface area (TPSA) is 29.3 Å². The number of rotatable bonds is 3. The van der Waals surface area contributed by atoms with Crippen molar-refractivity contribution in [2.24, 2.45) is 0 Å². The van der Waals surface area contributed by atoms with E-state index >= 15 is 0 Å². The second-order valence-electron chi connectivity index (χ2n) is 5.78. The minimum atomic E-state index is 0.562. The number of fused-ring (bicyclic) bond motifs is 1. The Morgan fingerprint density at radius 3 is 2.50 bits per heavy atom. The summed E-state index contributed by atoms with van der Waals surface area (Å²) in [6.07, 6.45) is 2.25. The van der Waals surface area contributed by atoms with Crippen molar-refractivity contribution in [1.29, 1.82) is 0 Å². The SMILES string of the molecule is CC(Cc1ccc(N)cc1)N1CCc2ccccc2C1. The van der Waals surface area contributed by atoms with Crippen molar-refractivity contribution in [2.45, 2.75) is 32.4 Å². The number of nitrogens with zero attached hydrogens (tertiary/aromatic N) is 1. The zero-order chi connectivity index (χ0) is 13.9. The molecule has 1 aliphatic heterocycles. The molecular formula is C18H22N2. The molecule has 0 aromatic heterocycles. The monoisotopic (exact) mass is 266 g/mol. The van der Waals surface area contributed by atoms with Crippen LogP contribution in [-0.2, 0) is 19.4 Å². The lowest BCUT2D eigenvalue weighted by Crippen LogP contribution is -2.38. The number of hydrogen-bond acceptors (Lipinski definition) is 2. The Hall–Kier alpha value is -1.80. The molecule has 0 radical (unpaired) electrons. The van der Waals surface area contributed by atoms with Crippen LogP contribution in [-0.4, -0.2) is 17.5 Å². The minimum Gasteiger partial charge on any atom is -0.399 e. The van der Waals surface area contributed by atoms with Crippen molar-refractivity contribution in [2.75, 3.05) is 12.3 Å². The van der Waals surface area contributed by atoms with Gasteiger partial charge in [-0.1, -0.05) is 36.4 Å². The second kappa shape index (κ2) is 5.68. The molecule has 1 atom stereocenters. The van der Waals surface area contributed by atoms with E-state index in [1.54, 1.807) is 0 Å². The van der Waals surface area contributed by atoms with E-state index in [0.717, 1.165) is 25.2 Å². The highest BCUT2D eigenvalue weighted by Crippen LogP contribution is 2.21. The Balaban J connectivity index is 1.67. The molecule has 2 heteroatoms. The maximum atomic E-state index is 5.74. The third-order valence-corrected chi connectivity index (χ3v) is 4.29. The lowest BCUT2D eigenvalue weighted by atomic mass is 9.97. The summed E-state index contributed by atoms with van der Waals surface area (Å²) in [5.74, 6) is 0. The fourth-order valence-corrected chi connectivity index (χ4v) is 3.02. The van der Waals surface area contributed by atoms with Gasteiger partial charge in [-0.25, -0.2) is 0 Å². The highest BCUT2D eigenvalue weighted by atomic mass is 15.2. The molecule has 1 unspecified atom stereocenters. The van der Waals surface area contributed by atoms with E-state index in [0.29, 0.717) is 6.04 Å². The normalized spacial score (nSPS) is 16.6. The van der Waals surface area contributed by atoms with Gasteiger partial charge in [0.15, 0.2) is 0 Å².